The van der Waals surface area contributed by atoms with Crippen molar-refractivity contribution in [1.29, 1.82) is 0 Å². The molecule has 1 fully saturated rings. The van der Waals surface area contributed by atoms with E-state index in [-0.39, 0.29) is 5.91 Å². The summed E-state index contributed by atoms with van der Waals surface area (Å²) in [6.07, 6.45) is 11.5. The molecule has 0 heterocycles. The number of carbonyl (C=O) groups is 1. The quantitative estimate of drug-likeness (QED) is 0.655. The Hall–Kier alpha value is -0.570. The van der Waals surface area contributed by atoms with E-state index in [1.54, 1.807) is 0 Å². The molecule has 0 unspecified atom stereocenters. The monoisotopic (exact) mass is 255 g/mol. The summed E-state index contributed by atoms with van der Waals surface area (Å²) in [4.78, 5) is 11.6. The molecule has 3 heteroatoms. The second kappa shape index (κ2) is 8.52. The zero-order chi connectivity index (χ0) is 13.3. The predicted molar refractivity (Wildman–Crippen MR) is 74.4 cm³/mol. The number of amides is 1. The average molecular weight is 255 g/mol. The maximum absolute atomic E-state index is 11.6. The van der Waals surface area contributed by atoms with Gasteiger partial charge in [0.25, 0.3) is 0 Å². The van der Waals surface area contributed by atoms with Crippen molar-refractivity contribution in [2.24, 2.45) is 0 Å². The Kier molecular flexibility index (Phi) is 7.33. The second-order valence-electron chi connectivity index (χ2n) is 5.73. The Bertz CT molecular complexity index is 235. The first-order valence-corrected chi connectivity index (χ1v) is 7.65. The molecule has 106 valence electrons. The smallest absolute Gasteiger partial charge is 0.220 e. The summed E-state index contributed by atoms with van der Waals surface area (Å²) in [5, 5.41) is 13.1. The van der Waals surface area contributed by atoms with Gasteiger partial charge in [-0.15, -0.1) is 0 Å². The van der Waals surface area contributed by atoms with Gasteiger partial charge in [-0.3, -0.25) is 4.79 Å². The van der Waals surface area contributed by atoms with Crippen molar-refractivity contribution in [2.75, 3.05) is 6.54 Å². The summed E-state index contributed by atoms with van der Waals surface area (Å²) < 4.78 is 0. The van der Waals surface area contributed by atoms with Crippen molar-refractivity contribution >= 4 is 5.91 Å². The van der Waals surface area contributed by atoms with Crippen LogP contribution >= 0.6 is 0 Å². The minimum atomic E-state index is -0.629. The molecule has 0 bridgehead atoms. The number of rotatable bonds is 8. The lowest BCUT2D eigenvalue weighted by Crippen LogP contribution is -2.44. The van der Waals surface area contributed by atoms with Gasteiger partial charge in [0.1, 0.15) is 0 Å². The van der Waals surface area contributed by atoms with Crippen LogP contribution in [0.25, 0.3) is 0 Å². The molecular formula is C15H29NO2. The molecule has 1 aliphatic carbocycles. The van der Waals surface area contributed by atoms with Crippen molar-refractivity contribution in [3.05, 3.63) is 0 Å². The Labute approximate surface area is 111 Å². The van der Waals surface area contributed by atoms with E-state index in [2.05, 4.69) is 12.2 Å². The Morgan fingerprint density at radius 3 is 2.44 bits per heavy atom. The molecule has 0 aromatic heterocycles. The Balaban J connectivity index is 2.05. The second-order valence-corrected chi connectivity index (χ2v) is 5.73. The molecule has 1 rings (SSSR count). The lowest BCUT2D eigenvalue weighted by Gasteiger charge is -2.32. The minimum absolute atomic E-state index is 0.102. The number of hydrogen-bond donors (Lipinski definition) is 2. The van der Waals surface area contributed by atoms with Crippen molar-refractivity contribution in [3.8, 4) is 0 Å². The van der Waals surface area contributed by atoms with E-state index < -0.39 is 5.60 Å². The van der Waals surface area contributed by atoms with Gasteiger partial charge in [-0.1, -0.05) is 51.9 Å². The molecule has 0 spiro atoms. The van der Waals surface area contributed by atoms with Gasteiger partial charge in [-0.05, 0) is 19.3 Å². The first-order chi connectivity index (χ1) is 8.66. The van der Waals surface area contributed by atoms with Crippen LogP contribution in [-0.4, -0.2) is 23.2 Å². The lowest BCUT2D eigenvalue weighted by atomic mass is 9.85. The molecule has 0 atom stereocenters. The van der Waals surface area contributed by atoms with E-state index >= 15 is 0 Å². The standard InChI is InChI=1S/C15H29NO2/c1-2-3-4-5-7-10-14(17)16-13-15(18)11-8-6-9-12-15/h18H,2-13H2,1H3,(H,16,17). The Morgan fingerprint density at radius 2 is 1.78 bits per heavy atom. The highest BCUT2D eigenvalue weighted by molar-refractivity contribution is 5.75. The number of aliphatic hydroxyl groups is 1. The fourth-order valence-electron chi connectivity index (χ4n) is 2.63. The summed E-state index contributed by atoms with van der Waals surface area (Å²) >= 11 is 0. The van der Waals surface area contributed by atoms with Gasteiger partial charge >= 0.3 is 0 Å². The van der Waals surface area contributed by atoms with Gasteiger partial charge in [-0.2, -0.15) is 0 Å². The molecule has 0 aliphatic heterocycles. The molecule has 0 radical (unpaired) electrons. The summed E-state index contributed by atoms with van der Waals surface area (Å²) in [5.74, 6) is 0.102. The van der Waals surface area contributed by atoms with Crippen LogP contribution in [0.2, 0.25) is 0 Å². The van der Waals surface area contributed by atoms with Crippen LogP contribution in [-0.2, 0) is 4.79 Å². The van der Waals surface area contributed by atoms with Crippen LogP contribution in [0, 0.1) is 0 Å². The molecule has 18 heavy (non-hydrogen) atoms. The summed E-state index contributed by atoms with van der Waals surface area (Å²) in [5.41, 5.74) is -0.629. The topological polar surface area (TPSA) is 49.3 Å². The van der Waals surface area contributed by atoms with Gasteiger partial charge in [0.15, 0.2) is 0 Å². The molecule has 1 amide bonds. The van der Waals surface area contributed by atoms with Crippen molar-refractivity contribution in [3.63, 3.8) is 0 Å². The molecular weight excluding hydrogens is 226 g/mol. The van der Waals surface area contributed by atoms with Crippen LogP contribution in [0.4, 0.5) is 0 Å². The molecule has 1 aliphatic rings. The first-order valence-electron chi connectivity index (χ1n) is 7.65. The number of nitrogens with one attached hydrogen (secondary N) is 1. The van der Waals surface area contributed by atoms with Crippen LogP contribution in [0.15, 0.2) is 0 Å². The van der Waals surface area contributed by atoms with E-state index in [1.165, 1.54) is 25.7 Å². The molecule has 2 N–H and O–H groups in total. The highest BCUT2D eigenvalue weighted by atomic mass is 16.3. The Morgan fingerprint density at radius 1 is 1.11 bits per heavy atom. The maximum atomic E-state index is 11.6. The normalized spacial score (nSPS) is 18.6. The van der Waals surface area contributed by atoms with Crippen LogP contribution in [0.1, 0.15) is 77.6 Å². The molecule has 0 aromatic carbocycles. The van der Waals surface area contributed by atoms with Crippen molar-refractivity contribution < 1.29 is 9.90 Å². The third-order valence-electron chi connectivity index (χ3n) is 3.91. The lowest BCUT2D eigenvalue weighted by molar-refractivity contribution is -0.122. The fourth-order valence-corrected chi connectivity index (χ4v) is 2.63. The van der Waals surface area contributed by atoms with Gasteiger partial charge < -0.3 is 10.4 Å². The molecule has 0 saturated heterocycles. The van der Waals surface area contributed by atoms with E-state index in [0.717, 1.165) is 38.5 Å². The highest BCUT2D eigenvalue weighted by Crippen LogP contribution is 2.27. The van der Waals surface area contributed by atoms with E-state index in [1.807, 2.05) is 0 Å². The minimum Gasteiger partial charge on any atom is -0.388 e. The number of hydrogen-bond acceptors (Lipinski definition) is 2. The third-order valence-corrected chi connectivity index (χ3v) is 3.91. The molecule has 0 aromatic rings. The predicted octanol–water partition coefficient (Wildman–Crippen LogP) is 3.16. The zero-order valence-electron chi connectivity index (χ0n) is 11.8. The zero-order valence-corrected chi connectivity index (χ0v) is 11.8. The number of unbranched alkanes of at least 4 members (excludes halogenated alkanes) is 4. The highest BCUT2D eigenvalue weighted by Gasteiger charge is 2.29. The van der Waals surface area contributed by atoms with E-state index in [9.17, 15) is 9.90 Å². The molecule has 1 saturated carbocycles. The third kappa shape index (κ3) is 6.39. The van der Waals surface area contributed by atoms with Gasteiger partial charge in [-0.25, -0.2) is 0 Å². The van der Waals surface area contributed by atoms with E-state index in [4.69, 9.17) is 0 Å². The summed E-state index contributed by atoms with van der Waals surface area (Å²) in [6.45, 7) is 2.64. The van der Waals surface area contributed by atoms with Crippen LogP contribution < -0.4 is 5.32 Å². The van der Waals surface area contributed by atoms with E-state index in [0.29, 0.717) is 13.0 Å². The van der Waals surface area contributed by atoms with Crippen molar-refractivity contribution in [1.82, 2.24) is 5.32 Å². The van der Waals surface area contributed by atoms with Gasteiger partial charge in [0, 0.05) is 13.0 Å². The summed E-state index contributed by atoms with van der Waals surface area (Å²) in [7, 11) is 0. The van der Waals surface area contributed by atoms with Crippen LogP contribution in [0.5, 0.6) is 0 Å². The molecule has 3 nitrogen and oxygen atoms in total. The van der Waals surface area contributed by atoms with Crippen molar-refractivity contribution in [2.45, 2.75) is 83.2 Å². The first kappa shape index (κ1) is 15.5. The average Bonchev–Trinajstić information content (AvgIpc) is 2.37. The SMILES string of the molecule is CCCCCCCC(=O)NCC1(O)CCCCC1. The van der Waals surface area contributed by atoms with Gasteiger partial charge in [0.2, 0.25) is 5.91 Å². The largest absolute Gasteiger partial charge is 0.388 e. The number of carbonyl (C=O) groups excluding carboxylic acids is 1. The maximum Gasteiger partial charge on any atom is 0.220 e. The van der Waals surface area contributed by atoms with Crippen LogP contribution in [0.3, 0.4) is 0 Å². The fraction of sp³-hybridized carbons (Fsp3) is 0.933. The summed E-state index contributed by atoms with van der Waals surface area (Å²) in [6, 6.07) is 0. The van der Waals surface area contributed by atoms with Gasteiger partial charge in [0.05, 0.1) is 5.60 Å².